The van der Waals surface area contributed by atoms with E-state index in [2.05, 4.69) is 0 Å². The molecule has 1 heterocycles. The first-order valence-electron chi connectivity index (χ1n) is 8.72. The Morgan fingerprint density at radius 3 is 2.45 bits per heavy atom. The van der Waals surface area contributed by atoms with Crippen LogP contribution in [0, 0.1) is 21.7 Å². The summed E-state index contributed by atoms with van der Waals surface area (Å²) < 4.78 is 59.0. The Morgan fingerprint density at radius 2 is 1.83 bits per heavy atom. The number of halogens is 2. The second-order valence-electron chi connectivity index (χ2n) is 6.48. The van der Waals surface area contributed by atoms with Crippen LogP contribution < -0.4 is 4.74 Å². The third-order valence-corrected chi connectivity index (χ3v) is 6.64. The molecule has 156 valence electrons. The molecule has 8 nitrogen and oxygen atoms in total. The van der Waals surface area contributed by atoms with Crippen molar-refractivity contribution in [2.75, 3.05) is 33.3 Å². The number of hydrogen-bond acceptors (Lipinski definition) is 6. The van der Waals surface area contributed by atoms with Gasteiger partial charge in [-0.25, -0.2) is 17.2 Å². The predicted molar refractivity (Wildman–Crippen MR) is 100 cm³/mol. The number of benzene rings is 2. The van der Waals surface area contributed by atoms with Crippen LogP contribution in [0.2, 0.25) is 0 Å². The lowest BCUT2D eigenvalue weighted by Crippen LogP contribution is -2.48. The fourth-order valence-corrected chi connectivity index (χ4v) is 4.60. The molecule has 1 aliphatic heterocycles. The van der Waals surface area contributed by atoms with Gasteiger partial charge < -0.3 is 4.74 Å². The number of methoxy groups -OCH3 is 1. The van der Waals surface area contributed by atoms with Gasteiger partial charge in [0.2, 0.25) is 10.0 Å². The zero-order valence-corrected chi connectivity index (χ0v) is 16.4. The van der Waals surface area contributed by atoms with E-state index in [1.54, 1.807) is 0 Å². The van der Waals surface area contributed by atoms with Crippen LogP contribution in [0.15, 0.2) is 41.3 Å². The summed E-state index contributed by atoms with van der Waals surface area (Å²) >= 11 is 0. The van der Waals surface area contributed by atoms with Crippen LogP contribution in [0.4, 0.5) is 14.5 Å². The highest BCUT2D eigenvalue weighted by molar-refractivity contribution is 7.89. The van der Waals surface area contributed by atoms with E-state index in [4.69, 9.17) is 4.74 Å². The monoisotopic (exact) mass is 427 g/mol. The highest BCUT2D eigenvalue weighted by Crippen LogP contribution is 2.31. The number of hydrogen-bond donors (Lipinski definition) is 0. The summed E-state index contributed by atoms with van der Waals surface area (Å²) in [5, 5.41) is 11.2. The van der Waals surface area contributed by atoms with Gasteiger partial charge in [0.25, 0.3) is 0 Å². The minimum absolute atomic E-state index is 0.0316. The molecule has 2 aromatic rings. The molecule has 0 bridgehead atoms. The minimum Gasteiger partial charge on any atom is -0.490 e. The van der Waals surface area contributed by atoms with Crippen LogP contribution in [-0.2, 0) is 16.6 Å². The lowest BCUT2D eigenvalue weighted by Gasteiger charge is -2.34. The normalized spacial score (nSPS) is 16.0. The lowest BCUT2D eigenvalue weighted by atomic mass is 10.2. The van der Waals surface area contributed by atoms with Gasteiger partial charge in [-0.1, -0.05) is 12.1 Å². The summed E-state index contributed by atoms with van der Waals surface area (Å²) in [6.45, 7) is 1.03. The quantitative estimate of drug-likeness (QED) is 0.519. The van der Waals surface area contributed by atoms with Crippen LogP contribution in [0.25, 0.3) is 0 Å². The molecule has 0 atom stereocenters. The molecule has 2 aromatic carbocycles. The van der Waals surface area contributed by atoms with E-state index in [1.807, 2.05) is 4.90 Å². The molecule has 0 spiro atoms. The van der Waals surface area contributed by atoms with Crippen LogP contribution in [0.5, 0.6) is 5.75 Å². The third kappa shape index (κ3) is 4.36. The second kappa shape index (κ2) is 8.39. The number of piperazine rings is 1. The molecule has 0 amide bonds. The maximum atomic E-state index is 13.8. The van der Waals surface area contributed by atoms with E-state index < -0.39 is 32.3 Å². The zero-order chi connectivity index (χ0) is 21.2. The van der Waals surface area contributed by atoms with E-state index in [0.717, 1.165) is 12.1 Å². The van der Waals surface area contributed by atoms with Crippen molar-refractivity contribution in [3.63, 3.8) is 0 Å². The Bertz CT molecular complexity index is 1020. The molecule has 0 radical (unpaired) electrons. The average Bonchev–Trinajstić information content (AvgIpc) is 2.71. The molecule has 3 rings (SSSR count). The number of ether oxygens (including phenoxy) is 1. The summed E-state index contributed by atoms with van der Waals surface area (Å²) in [5.74, 6) is -1.87. The lowest BCUT2D eigenvalue weighted by molar-refractivity contribution is -0.386. The summed E-state index contributed by atoms with van der Waals surface area (Å²) in [4.78, 5) is 12.1. The minimum atomic E-state index is -3.94. The molecule has 0 unspecified atom stereocenters. The van der Waals surface area contributed by atoms with Crippen LogP contribution >= 0.6 is 0 Å². The SMILES string of the molecule is COc1ccc(S(=O)(=O)N2CCN(Cc3cccc(F)c3F)CC2)cc1[N+](=O)[O-]. The first kappa shape index (κ1) is 21.1. The fraction of sp³-hybridized carbons (Fsp3) is 0.333. The number of nitro benzene ring substituents is 1. The largest absolute Gasteiger partial charge is 0.490 e. The Labute approximate surface area is 166 Å². The van der Waals surface area contributed by atoms with Crippen molar-refractivity contribution in [1.29, 1.82) is 0 Å². The van der Waals surface area contributed by atoms with Crippen molar-refractivity contribution in [2.45, 2.75) is 11.4 Å². The van der Waals surface area contributed by atoms with Crippen LogP contribution in [-0.4, -0.2) is 55.8 Å². The average molecular weight is 427 g/mol. The van der Waals surface area contributed by atoms with Gasteiger partial charge in [-0.15, -0.1) is 0 Å². The van der Waals surface area contributed by atoms with Gasteiger partial charge >= 0.3 is 5.69 Å². The number of nitro groups is 1. The Hall–Kier alpha value is -2.63. The molecule has 11 heteroatoms. The smallest absolute Gasteiger partial charge is 0.312 e. The number of nitrogens with zero attached hydrogens (tertiary/aromatic N) is 3. The van der Waals surface area contributed by atoms with Crippen molar-refractivity contribution in [3.8, 4) is 5.75 Å². The first-order chi connectivity index (χ1) is 13.7. The van der Waals surface area contributed by atoms with Crippen molar-refractivity contribution in [3.05, 3.63) is 63.7 Å². The van der Waals surface area contributed by atoms with Gasteiger partial charge in [0.15, 0.2) is 17.4 Å². The standard InChI is InChI=1S/C18H19F2N3O5S/c1-28-17-6-5-14(11-16(17)23(24)25)29(26,27)22-9-7-21(8-10-22)12-13-3-2-4-15(19)18(13)20/h2-6,11H,7-10,12H2,1H3. The van der Waals surface area contributed by atoms with E-state index in [9.17, 15) is 27.3 Å². The highest BCUT2D eigenvalue weighted by Gasteiger charge is 2.31. The van der Waals surface area contributed by atoms with Crippen molar-refractivity contribution in [1.82, 2.24) is 9.21 Å². The molecule has 1 saturated heterocycles. The molecule has 29 heavy (non-hydrogen) atoms. The van der Waals surface area contributed by atoms with Gasteiger partial charge in [0.05, 0.1) is 16.9 Å². The van der Waals surface area contributed by atoms with Gasteiger partial charge in [-0.2, -0.15) is 4.31 Å². The predicted octanol–water partition coefficient (Wildman–Crippen LogP) is 2.39. The van der Waals surface area contributed by atoms with Gasteiger partial charge in [-0.3, -0.25) is 15.0 Å². The fourth-order valence-electron chi connectivity index (χ4n) is 3.16. The molecule has 0 N–H and O–H groups in total. The van der Waals surface area contributed by atoms with Gasteiger partial charge in [-0.05, 0) is 18.2 Å². The molecular weight excluding hydrogens is 408 g/mol. The highest BCUT2D eigenvalue weighted by atomic mass is 32.2. The topological polar surface area (TPSA) is 93.0 Å². The Kier molecular flexibility index (Phi) is 6.10. The maximum absolute atomic E-state index is 13.8. The Balaban J connectivity index is 1.72. The molecule has 0 saturated carbocycles. The van der Waals surface area contributed by atoms with E-state index in [0.29, 0.717) is 13.1 Å². The van der Waals surface area contributed by atoms with Gasteiger partial charge in [0.1, 0.15) is 0 Å². The van der Waals surface area contributed by atoms with Crippen molar-refractivity contribution >= 4 is 15.7 Å². The summed E-state index contributed by atoms with van der Waals surface area (Å²) in [7, 11) is -2.68. The molecule has 1 fully saturated rings. The number of rotatable bonds is 6. The Morgan fingerprint density at radius 1 is 1.14 bits per heavy atom. The molecule has 0 aliphatic carbocycles. The van der Waals surface area contributed by atoms with Crippen LogP contribution in [0.3, 0.4) is 0 Å². The van der Waals surface area contributed by atoms with Crippen molar-refractivity contribution < 1.29 is 26.9 Å². The van der Waals surface area contributed by atoms with Gasteiger partial charge in [0, 0.05) is 44.4 Å². The summed E-state index contributed by atoms with van der Waals surface area (Å²) in [5.41, 5.74) is -0.235. The van der Waals surface area contributed by atoms with Crippen molar-refractivity contribution in [2.24, 2.45) is 0 Å². The summed E-state index contributed by atoms with van der Waals surface area (Å²) in [6, 6.07) is 7.42. The summed E-state index contributed by atoms with van der Waals surface area (Å²) in [6.07, 6.45) is 0. The number of sulfonamides is 1. The first-order valence-corrected chi connectivity index (χ1v) is 10.2. The molecular formula is C18H19F2N3O5S. The zero-order valence-electron chi connectivity index (χ0n) is 15.5. The maximum Gasteiger partial charge on any atom is 0.312 e. The third-order valence-electron chi connectivity index (χ3n) is 4.74. The van der Waals surface area contributed by atoms with E-state index in [1.165, 1.54) is 35.7 Å². The van der Waals surface area contributed by atoms with E-state index >= 15 is 0 Å². The second-order valence-corrected chi connectivity index (χ2v) is 8.42. The van der Waals surface area contributed by atoms with Crippen LogP contribution in [0.1, 0.15) is 5.56 Å². The van der Waals surface area contributed by atoms with E-state index in [-0.39, 0.29) is 35.8 Å². The molecule has 1 aliphatic rings. The molecule has 0 aromatic heterocycles.